The van der Waals surface area contributed by atoms with E-state index in [1.54, 1.807) is 0 Å². The molecule has 246 valence electrons. The van der Waals surface area contributed by atoms with Gasteiger partial charge in [-0.25, -0.2) is 0 Å². The van der Waals surface area contributed by atoms with Crippen molar-refractivity contribution in [3.63, 3.8) is 0 Å². The van der Waals surface area contributed by atoms with Crippen molar-refractivity contribution < 1.29 is 62.5 Å². The molecule has 9 atom stereocenters. The van der Waals surface area contributed by atoms with Gasteiger partial charge in [0.15, 0.2) is 18.7 Å². The van der Waals surface area contributed by atoms with Crippen LogP contribution in [0.3, 0.4) is 0 Å². The smallest absolute Gasteiger partial charge is 0.303 e. The highest BCUT2D eigenvalue weighted by Crippen LogP contribution is 2.30. The van der Waals surface area contributed by atoms with Crippen molar-refractivity contribution in [3.8, 4) is 0 Å². The summed E-state index contributed by atoms with van der Waals surface area (Å²) in [5.41, 5.74) is 1.71. The minimum atomic E-state index is -1.47. The van der Waals surface area contributed by atoms with E-state index in [4.69, 9.17) is 37.9 Å². The Labute approximate surface area is 261 Å². The molecule has 2 N–H and O–H groups in total. The van der Waals surface area contributed by atoms with E-state index >= 15 is 0 Å². The number of hydrogen-bond donors (Lipinski definition) is 2. The molecule has 0 saturated carbocycles. The topological polar surface area (TPSA) is 166 Å². The lowest BCUT2D eigenvalue weighted by Gasteiger charge is -2.43. The predicted molar refractivity (Wildman–Crippen MR) is 154 cm³/mol. The van der Waals surface area contributed by atoms with E-state index in [0.717, 1.165) is 11.1 Å². The highest BCUT2D eigenvalue weighted by molar-refractivity contribution is 5.67. The summed E-state index contributed by atoms with van der Waals surface area (Å²) in [5, 5.41) is 22.4. The third-order valence-electron chi connectivity index (χ3n) is 7.21. The Balaban J connectivity index is 1.46. The molecule has 2 aromatic carbocycles. The van der Waals surface area contributed by atoms with Crippen molar-refractivity contribution in [3.05, 3.63) is 71.8 Å². The van der Waals surface area contributed by atoms with Crippen LogP contribution in [0.15, 0.2) is 60.7 Å². The summed E-state index contributed by atoms with van der Waals surface area (Å²) in [6, 6.07) is 18.7. The number of aliphatic hydroxyl groups excluding tert-OH is 2. The number of rotatable bonds is 13. The van der Waals surface area contributed by atoms with Gasteiger partial charge in [-0.2, -0.15) is 0 Å². The van der Waals surface area contributed by atoms with Gasteiger partial charge in [-0.1, -0.05) is 60.7 Å². The fourth-order valence-corrected chi connectivity index (χ4v) is 5.15. The molecule has 2 heterocycles. The molecule has 13 heteroatoms. The SMILES string of the molecule is CC(=O)OC[C@H]1O[C@@H](OC[C@H]2O[C@H](O)[C@H](OCc3ccccc3)[C@@H](OCc3ccccc3)[C@@H]2O)C[C@@H](OC(C)=O)[C@H]1OC(C)=O. The van der Waals surface area contributed by atoms with Gasteiger partial charge in [-0.3, -0.25) is 14.4 Å². The first kappa shape index (κ1) is 34.4. The average Bonchev–Trinajstić information content (AvgIpc) is 3.00. The second kappa shape index (κ2) is 16.8. The van der Waals surface area contributed by atoms with Crippen LogP contribution in [-0.2, 0) is 65.5 Å². The molecule has 2 saturated heterocycles. The Bertz CT molecular complexity index is 1230. The summed E-state index contributed by atoms with van der Waals surface area (Å²) < 4.78 is 45.5. The van der Waals surface area contributed by atoms with Crippen molar-refractivity contribution in [1.82, 2.24) is 0 Å². The number of carbonyl (C=O) groups excluding carboxylic acids is 3. The predicted octanol–water partition coefficient (Wildman–Crippen LogP) is 1.79. The first-order valence-corrected chi connectivity index (χ1v) is 14.7. The Morgan fingerprint density at radius 1 is 0.689 bits per heavy atom. The maximum absolute atomic E-state index is 11.8. The Kier molecular flexibility index (Phi) is 12.8. The third kappa shape index (κ3) is 10.3. The fourth-order valence-electron chi connectivity index (χ4n) is 5.15. The molecule has 2 aliphatic heterocycles. The largest absolute Gasteiger partial charge is 0.463 e. The molecular weight excluding hydrogens is 592 g/mol. The number of hydrogen-bond acceptors (Lipinski definition) is 13. The summed E-state index contributed by atoms with van der Waals surface area (Å²) in [6.45, 7) is 3.31. The molecule has 2 aromatic rings. The molecule has 0 amide bonds. The van der Waals surface area contributed by atoms with Gasteiger partial charge in [0.25, 0.3) is 0 Å². The van der Waals surface area contributed by atoms with Crippen LogP contribution in [0.5, 0.6) is 0 Å². The first-order chi connectivity index (χ1) is 21.6. The molecule has 0 aliphatic carbocycles. The monoisotopic (exact) mass is 632 g/mol. The molecule has 13 nitrogen and oxygen atoms in total. The maximum Gasteiger partial charge on any atom is 0.303 e. The normalized spacial score (nSPS) is 29.8. The van der Waals surface area contributed by atoms with Gasteiger partial charge >= 0.3 is 17.9 Å². The molecule has 0 bridgehead atoms. The summed E-state index contributed by atoms with van der Waals surface area (Å²) in [4.78, 5) is 35.1. The fraction of sp³-hybridized carbons (Fsp3) is 0.531. The van der Waals surface area contributed by atoms with E-state index in [0.29, 0.717) is 0 Å². The van der Waals surface area contributed by atoms with Gasteiger partial charge in [-0.05, 0) is 11.1 Å². The zero-order chi connectivity index (χ0) is 32.3. The van der Waals surface area contributed by atoms with Crippen LogP contribution in [0.1, 0.15) is 38.3 Å². The van der Waals surface area contributed by atoms with E-state index in [2.05, 4.69) is 0 Å². The van der Waals surface area contributed by atoms with Crippen molar-refractivity contribution in [2.75, 3.05) is 13.2 Å². The van der Waals surface area contributed by atoms with Gasteiger partial charge in [0.2, 0.25) is 0 Å². The number of esters is 3. The van der Waals surface area contributed by atoms with Gasteiger partial charge < -0.3 is 48.1 Å². The van der Waals surface area contributed by atoms with E-state index in [9.17, 15) is 24.6 Å². The molecule has 2 fully saturated rings. The lowest BCUT2D eigenvalue weighted by Crippen LogP contribution is -2.61. The number of carbonyl (C=O) groups is 3. The number of ether oxygens (including phenoxy) is 8. The van der Waals surface area contributed by atoms with Gasteiger partial charge in [0.05, 0.1) is 19.8 Å². The maximum atomic E-state index is 11.8. The highest BCUT2D eigenvalue weighted by Gasteiger charge is 2.48. The van der Waals surface area contributed by atoms with E-state index in [1.165, 1.54) is 20.8 Å². The molecule has 0 spiro atoms. The van der Waals surface area contributed by atoms with E-state index in [1.807, 2.05) is 60.7 Å². The lowest BCUT2D eigenvalue weighted by molar-refractivity contribution is -0.322. The van der Waals surface area contributed by atoms with E-state index < -0.39 is 73.2 Å². The summed E-state index contributed by atoms with van der Waals surface area (Å²) >= 11 is 0. The third-order valence-corrected chi connectivity index (χ3v) is 7.21. The van der Waals surface area contributed by atoms with Crippen molar-refractivity contribution in [1.29, 1.82) is 0 Å². The minimum Gasteiger partial charge on any atom is -0.463 e. The Morgan fingerprint density at radius 3 is 1.82 bits per heavy atom. The van der Waals surface area contributed by atoms with Crippen LogP contribution < -0.4 is 0 Å². The van der Waals surface area contributed by atoms with Crippen LogP contribution in [0, 0.1) is 0 Å². The Morgan fingerprint density at radius 2 is 1.27 bits per heavy atom. The zero-order valence-electron chi connectivity index (χ0n) is 25.4. The molecule has 4 rings (SSSR count). The van der Waals surface area contributed by atoms with Crippen molar-refractivity contribution in [2.24, 2.45) is 0 Å². The number of aliphatic hydroxyl groups is 2. The van der Waals surface area contributed by atoms with Crippen molar-refractivity contribution in [2.45, 2.75) is 95.7 Å². The second-order valence-electron chi connectivity index (χ2n) is 10.8. The standard InChI is InChI=1S/C32H40O13/c1-19(33)38-18-26-29(43-21(3)35)24(42-20(2)34)14-27(44-26)39-17-25-28(36)30(40-15-22-10-6-4-7-11-22)31(32(37)45-25)41-16-23-12-8-5-9-13-23/h4-13,24-32,36-37H,14-18H2,1-3H3/t24-,25-,26-,27-,28-,29-,30+,31-,32+/m1/s1. The summed E-state index contributed by atoms with van der Waals surface area (Å²) in [5.74, 6) is -1.87. The molecular formula is C32H40O13. The first-order valence-electron chi connectivity index (χ1n) is 14.7. The van der Waals surface area contributed by atoms with Crippen LogP contribution in [0.2, 0.25) is 0 Å². The van der Waals surface area contributed by atoms with Crippen LogP contribution in [0.4, 0.5) is 0 Å². The zero-order valence-corrected chi connectivity index (χ0v) is 25.4. The van der Waals surface area contributed by atoms with E-state index in [-0.39, 0.29) is 32.8 Å². The molecule has 0 unspecified atom stereocenters. The van der Waals surface area contributed by atoms with Gasteiger partial charge in [-0.15, -0.1) is 0 Å². The average molecular weight is 633 g/mol. The lowest BCUT2D eigenvalue weighted by atomic mass is 9.98. The quantitative estimate of drug-likeness (QED) is 0.243. The highest BCUT2D eigenvalue weighted by atomic mass is 16.7. The molecule has 0 radical (unpaired) electrons. The van der Waals surface area contributed by atoms with Crippen LogP contribution in [0.25, 0.3) is 0 Å². The molecule has 45 heavy (non-hydrogen) atoms. The van der Waals surface area contributed by atoms with Gasteiger partial charge in [0.1, 0.15) is 43.2 Å². The van der Waals surface area contributed by atoms with Crippen LogP contribution >= 0.6 is 0 Å². The summed E-state index contributed by atoms with van der Waals surface area (Å²) in [6.07, 6.45) is -10.1. The minimum absolute atomic E-state index is 0.0454. The molecule has 0 aromatic heterocycles. The van der Waals surface area contributed by atoms with Crippen molar-refractivity contribution >= 4 is 17.9 Å². The summed E-state index contributed by atoms with van der Waals surface area (Å²) in [7, 11) is 0. The van der Waals surface area contributed by atoms with Crippen LogP contribution in [-0.4, -0.2) is 96.6 Å². The number of benzene rings is 2. The van der Waals surface area contributed by atoms with Gasteiger partial charge in [0, 0.05) is 27.2 Å². The second-order valence-corrected chi connectivity index (χ2v) is 10.8. The Hall–Kier alpha value is -3.43. The molecule has 2 aliphatic rings.